The molecule has 5 nitrogen and oxygen atoms in total. The monoisotopic (exact) mass is 367 g/mol. The van der Waals surface area contributed by atoms with E-state index in [-0.39, 0.29) is 5.91 Å². The maximum atomic E-state index is 13.5. The van der Waals surface area contributed by atoms with E-state index in [1.807, 2.05) is 19.2 Å². The molecule has 2 atom stereocenters. The van der Waals surface area contributed by atoms with Crippen LogP contribution in [-0.2, 0) is 11.8 Å². The van der Waals surface area contributed by atoms with Crippen LogP contribution in [0.5, 0.6) is 0 Å². The predicted octanol–water partition coefficient (Wildman–Crippen LogP) is 2.89. The number of benzene rings is 1. The van der Waals surface area contributed by atoms with Gasteiger partial charge >= 0.3 is 0 Å². The van der Waals surface area contributed by atoms with Crippen molar-refractivity contribution in [2.75, 3.05) is 32.8 Å². The van der Waals surface area contributed by atoms with Gasteiger partial charge in [-0.15, -0.1) is 0 Å². The number of fused-ring (bicyclic) bond motifs is 5. The van der Waals surface area contributed by atoms with Crippen molar-refractivity contribution in [1.82, 2.24) is 14.4 Å². The summed E-state index contributed by atoms with van der Waals surface area (Å²) in [6.45, 7) is 4.84. The molecule has 1 amide bonds. The lowest BCUT2D eigenvalue weighted by atomic mass is 9.94. The number of piperidine rings is 1. The molecule has 0 spiro atoms. The third kappa shape index (κ3) is 3.07. The van der Waals surface area contributed by atoms with Crippen LogP contribution >= 0.6 is 0 Å². The highest BCUT2D eigenvalue weighted by Crippen LogP contribution is 2.32. The van der Waals surface area contributed by atoms with Crippen molar-refractivity contribution in [3.63, 3.8) is 0 Å². The molecule has 0 saturated carbocycles. The molecule has 4 aliphatic heterocycles. The van der Waals surface area contributed by atoms with Crippen LogP contribution in [0.1, 0.15) is 36.2 Å². The molecule has 5 heteroatoms. The summed E-state index contributed by atoms with van der Waals surface area (Å²) in [5.41, 5.74) is 1.95. The van der Waals surface area contributed by atoms with Crippen LogP contribution < -0.4 is 0 Å². The number of ether oxygens (including phenoxy) is 1. The van der Waals surface area contributed by atoms with Gasteiger partial charge in [0.05, 0.1) is 0 Å². The van der Waals surface area contributed by atoms with Gasteiger partial charge in [0.15, 0.2) is 0 Å². The molecule has 4 fully saturated rings. The number of nitrogens with zero attached hydrogens (tertiary/aromatic N) is 3. The Hall–Kier alpha value is -1.85. The molecule has 2 bridgehead atoms. The number of hydrogen-bond acceptors (Lipinski definition) is 3. The number of carbonyl (C=O) groups excluding carboxylic acids is 1. The van der Waals surface area contributed by atoms with Crippen molar-refractivity contribution in [3.05, 3.63) is 36.0 Å². The Bertz CT molecular complexity index is 839. The summed E-state index contributed by atoms with van der Waals surface area (Å²) in [6, 6.07) is 11.3. The number of para-hydroxylation sites is 1. The summed E-state index contributed by atoms with van der Waals surface area (Å²) in [6.07, 6.45) is 4.66. The van der Waals surface area contributed by atoms with E-state index in [0.29, 0.717) is 18.0 Å². The molecule has 27 heavy (non-hydrogen) atoms. The zero-order valence-electron chi connectivity index (χ0n) is 16.1. The molecule has 4 aliphatic rings. The van der Waals surface area contributed by atoms with Gasteiger partial charge in [0.1, 0.15) is 5.69 Å². The minimum atomic E-state index is 0.206. The first-order valence-electron chi connectivity index (χ1n) is 10.4. The normalized spacial score (nSPS) is 27.2. The van der Waals surface area contributed by atoms with E-state index in [1.54, 1.807) is 0 Å². The van der Waals surface area contributed by atoms with Crippen molar-refractivity contribution >= 4 is 16.8 Å². The molecular formula is C22H29N3O2. The molecule has 144 valence electrons. The average Bonchev–Trinajstić information content (AvgIpc) is 2.87. The Morgan fingerprint density at radius 2 is 1.81 bits per heavy atom. The van der Waals surface area contributed by atoms with Crippen LogP contribution in [0.15, 0.2) is 30.3 Å². The first-order valence-corrected chi connectivity index (χ1v) is 10.4. The summed E-state index contributed by atoms with van der Waals surface area (Å²) in [4.78, 5) is 18.3. The summed E-state index contributed by atoms with van der Waals surface area (Å²) in [5, 5.41) is 1.15. The second kappa shape index (κ2) is 6.95. The lowest BCUT2D eigenvalue weighted by molar-refractivity contribution is 0.0303. The van der Waals surface area contributed by atoms with E-state index in [2.05, 4.69) is 32.6 Å². The SMILES string of the molecule is Cn1c(C(=O)N2C[C@H]3CC[C@@H]2CN(C2CCOCC2)C3)cc2ccccc21. The fourth-order valence-electron chi connectivity index (χ4n) is 5.36. The van der Waals surface area contributed by atoms with Crippen LogP contribution in [0, 0.1) is 5.92 Å². The molecule has 1 aromatic carbocycles. The highest BCUT2D eigenvalue weighted by atomic mass is 16.5. The van der Waals surface area contributed by atoms with Gasteiger partial charge in [-0.3, -0.25) is 9.69 Å². The largest absolute Gasteiger partial charge is 0.381 e. The summed E-state index contributed by atoms with van der Waals surface area (Å²) in [5.74, 6) is 0.808. The first-order chi connectivity index (χ1) is 13.2. The standard InChI is InChI=1S/C22H29N3O2/c1-23-20-5-3-2-4-17(20)12-21(23)22(26)25-14-16-6-7-19(25)15-24(13-16)18-8-10-27-11-9-18/h2-5,12,16,18-19H,6-11,13-15H2,1H3/t16-,19+/m0/s1. The average molecular weight is 367 g/mol. The second-order valence-corrected chi connectivity index (χ2v) is 8.50. The zero-order chi connectivity index (χ0) is 18.4. The van der Waals surface area contributed by atoms with Crippen molar-refractivity contribution in [1.29, 1.82) is 0 Å². The van der Waals surface area contributed by atoms with Gasteiger partial charge in [0.25, 0.3) is 5.91 Å². The number of amides is 1. The predicted molar refractivity (Wildman–Crippen MR) is 106 cm³/mol. The van der Waals surface area contributed by atoms with Gasteiger partial charge in [-0.25, -0.2) is 0 Å². The van der Waals surface area contributed by atoms with Crippen LogP contribution in [0.4, 0.5) is 0 Å². The highest BCUT2D eigenvalue weighted by Gasteiger charge is 2.40. The van der Waals surface area contributed by atoms with Crippen molar-refractivity contribution < 1.29 is 9.53 Å². The molecule has 5 heterocycles. The second-order valence-electron chi connectivity index (χ2n) is 8.50. The molecule has 4 saturated heterocycles. The summed E-state index contributed by atoms with van der Waals surface area (Å²) < 4.78 is 7.62. The smallest absolute Gasteiger partial charge is 0.270 e. The lowest BCUT2D eigenvalue weighted by Gasteiger charge is -2.37. The number of carbonyl (C=O) groups is 1. The first kappa shape index (κ1) is 17.3. The molecule has 2 aromatic rings. The molecule has 1 aromatic heterocycles. The molecule has 0 aliphatic carbocycles. The maximum absolute atomic E-state index is 13.5. The van der Waals surface area contributed by atoms with E-state index in [4.69, 9.17) is 4.74 Å². The number of aryl methyl sites for hydroxylation is 1. The highest BCUT2D eigenvalue weighted by molar-refractivity contribution is 5.99. The van der Waals surface area contributed by atoms with Crippen molar-refractivity contribution in [3.8, 4) is 0 Å². The molecule has 0 radical (unpaired) electrons. The Morgan fingerprint density at radius 3 is 2.63 bits per heavy atom. The van der Waals surface area contributed by atoms with Crippen molar-refractivity contribution in [2.45, 2.75) is 37.8 Å². The van der Waals surface area contributed by atoms with Gasteiger partial charge < -0.3 is 14.2 Å². The topological polar surface area (TPSA) is 37.7 Å². The van der Waals surface area contributed by atoms with E-state index in [1.165, 1.54) is 6.42 Å². The number of rotatable bonds is 2. The fraction of sp³-hybridized carbons (Fsp3) is 0.591. The molecular weight excluding hydrogens is 338 g/mol. The van der Waals surface area contributed by atoms with E-state index >= 15 is 0 Å². The summed E-state index contributed by atoms with van der Waals surface area (Å²) >= 11 is 0. The van der Waals surface area contributed by atoms with Crippen molar-refractivity contribution in [2.24, 2.45) is 13.0 Å². The third-order valence-electron chi connectivity index (χ3n) is 6.88. The van der Waals surface area contributed by atoms with E-state index in [0.717, 1.165) is 68.7 Å². The minimum Gasteiger partial charge on any atom is -0.381 e. The van der Waals surface area contributed by atoms with Crippen LogP contribution in [0.3, 0.4) is 0 Å². The Labute approximate surface area is 160 Å². The Balaban J connectivity index is 1.40. The fourth-order valence-corrected chi connectivity index (χ4v) is 5.36. The molecule has 0 unspecified atom stereocenters. The van der Waals surface area contributed by atoms with Gasteiger partial charge in [0, 0.05) is 62.9 Å². The number of aromatic nitrogens is 1. The van der Waals surface area contributed by atoms with Gasteiger partial charge in [-0.05, 0) is 43.7 Å². The van der Waals surface area contributed by atoms with E-state index in [9.17, 15) is 4.79 Å². The lowest BCUT2D eigenvalue weighted by Crippen LogP contribution is -2.48. The summed E-state index contributed by atoms with van der Waals surface area (Å²) in [7, 11) is 2.01. The molecule has 0 N–H and O–H groups in total. The Kier molecular flexibility index (Phi) is 4.44. The quantitative estimate of drug-likeness (QED) is 0.819. The number of hydrogen-bond donors (Lipinski definition) is 0. The zero-order valence-corrected chi connectivity index (χ0v) is 16.1. The Morgan fingerprint density at radius 1 is 1.00 bits per heavy atom. The van der Waals surface area contributed by atoms with Gasteiger partial charge in [0.2, 0.25) is 0 Å². The van der Waals surface area contributed by atoms with E-state index < -0.39 is 0 Å². The third-order valence-corrected chi connectivity index (χ3v) is 6.88. The molecule has 6 rings (SSSR count). The van der Waals surface area contributed by atoms with Gasteiger partial charge in [-0.1, -0.05) is 18.2 Å². The van der Waals surface area contributed by atoms with Crippen LogP contribution in [0.25, 0.3) is 10.9 Å². The van der Waals surface area contributed by atoms with Gasteiger partial charge in [-0.2, -0.15) is 0 Å². The van der Waals surface area contributed by atoms with Crippen LogP contribution in [0.2, 0.25) is 0 Å². The maximum Gasteiger partial charge on any atom is 0.270 e. The van der Waals surface area contributed by atoms with Crippen LogP contribution in [-0.4, -0.2) is 65.2 Å². The minimum absolute atomic E-state index is 0.206.